The third-order valence-electron chi connectivity index (χ3n) is 5.45. The molecular weight excluding hydrogens is 362 g/mol. The minimum atomic E-state index is 0.563. The highest BCUT2D eigenvalue weighted by Crippen LogP contribution is 2.25. The van der Waals surface area contributed by atoms with Crippen LogP contribution in [0.1, 0.15) is 11.1 Å². The summed E-state index contributed by atoms with van der Waals surface area (Å²) in [6.45, 7) is 5.85. The molecule has 1 aliphatic rings. The molecule has 0 aliphatic carbocycles. The second-order valence-corrected chi connectivity index (χ2v) is 7.41. The van der Waals surface area contributed by atoms with Crippen molar-refractivity contribution in [3.63, 3.8) is 0 Å². The lowest BCUT2D eigenvalue weighted by atomic mass is 10.1. The molecule has 0 spiro atoms. The first kappa shape index (κ1) is 19.3. The number of aromatic amines is 1. The van der Waals surface area contributed by atoms with Gasteiger partial charge in [0, 0.05) is 17.7 Å². The van der Waals surface area contributed by atoms with Crippen molar-refractivity contribution < 1.29 is 19.4 Å². The van der Waals surface area contributed by atoms with E-state index in [-0.39, 0.29) is 0 Å². The van der Waals surface area contributed by atoms with Crippen LogP contribution < -0.4 is 24.3 Å². The van der Waals surface area contributed by atoms with Gasteiger partial charge >= 0.3 is 0 Å². The summed E-state index contributed by atoms with van der Waals surface area (Å²) in [5.74, 6) is 2.94. The Morgan fingerprint density at radius 1 is 0.966 bits per heavy atom. The van der Waals surface area contributed by atoms with Crippen LogP contribution in [0.15, 0.2) is 72.9 Å². The number of nitrogens with zero attached hydrogens (tertiary/aromatic N) is 1. The van der Waals surface area contributed by atoms with Crippen molar-refractivity contribution >= 4 is 5.82 Å². The second-order valence-electron chi connectivity index (χ2n) is 7.41. The van der Waals surface area contributed by atoms with Crippen molar-refractivity contribution in [3.8, 4) is 11.5 Å². The number of hydrogen-bond donors (Lipinski definition) is 1. The molecule has 5 heteroatoms. The Kier molecular flexibility index (Phi) is 6.27. The zero-order valence-electron chi connectivity index (χ0n) is 16.9. The average Bonchev–Trinajstić information content (AvgIpc) is 2.80. The fourth-order valence-corrected chi connectivity index (χ4v) is 3.79. The van der Waals surface area contributed by atoms with E-state index in [4.69, 9.17) is 9.47 Å². The zero-order chi connectivity index (χ0) is 19.9. The van der Waals surface area contributed by atoms with Crippen molar-refractivity contribution in [2.45, 2.75) is 13.2 Å². The number of hydrogen-bond acceptors (Lipinski definition) is 3. The summed E-state index contributed by atoms with van der Waals surface area (Å²) in [7, 11) is 1.73. The number of aromatic nitrogens is 1. The van der Waals surface area contributed by atoms with Crippen LogP contribution in [0.3, 0.4) is 0 Å². The van der Waals surface area contributed by atoms with Gasteiger partial charge in [0.25, 0.3) is 5.82 Å². The molecule has 29 heavy (non-hydrogen) atoms. The molecule has 1 fully saturated rings. The Bertz CT molecular complexity index is 895. The largest absolute Gasteiger partial charge is 0.496 e. The van der Waals surface area contributed by atoms with Crippen LogP contribution in [0.25, 0.3) is 0 Å². The van der Waals surface area contributed by atoms with E-state index in [1.165, 1.54) is 11.4 Å². The standard InChI is InChI=1S/C24H27N3O2/c1-28-23-17-22(29-19-20-7-3-2-4-8-20)11-10-21(23)18-26-13-15-27(16-14-26)24-9-5-6-12-25-24/h2-12,17H,13-16,18-19H2,1H3/p+2. The van der Waals surface area contributed by atoms with Gasteiger partial charge in [-0.05, 0) is 23.8 Å². The third-order valence-corrected chi connectivity index (χ3v) is 5.45. The van der Waals surface area contributed by atoms with Gasteiger partial charge in [-0.25, -0.2) is 4.98 Å². The number of benzene rings is 2. The molecular formula is C24H29N3O2+2. The van der Waals surface area contributed by atoms with Crippen molar-refractivity contribution in [2.24, 2.45) is 0 Å². The van der Waals surface area contributed by atoms with Gasteiger partial charge in [-0.2, -0.15) is 0 Å². The number of H-pyrrole nitrogens is 1. The monoisotopic (exact) mass is 391 g/mol. The zero-order valence-corrected chi connectivity index (χ0v) is 16.9. The van der Waals surface area contributed by atoms with Crippen LogP contribution in [0.5, 0.6) is 11.5 Å². The van der Waals surface area contributed by atoms with Crippen LogP contribution in [0.4, 0.5) is 5.82 Å². The van der Waals surface area contributed by atoms with E-state index < -0.39 is 0 Å². The number of rotatable bonds is 7. The molecule has 1 aliphatic heterocycles. The maximum Gasteiger partial charge on any atom is 0.274 e. The molecule has 0 saturated carbocycles. The van der Waals surface area contributed by atoms with Crippen LogP contribution in [-0.2, 0) is 13.2 Å². The van der Waals surface area contributed by atoms with Gasteiger partial charge in [-0.3, -0.25) is 4.90 Å². The lowest BCUT2D eigenvalue weighted by Gasteiger charge is -2.28. The Morgan fingerprint density at radius 2 is 1.76 bits per heavy atom. The predicted molar refractivity (Wildman–Crippen MR) is 113 cm³/mol. The molecule has 0 radical (unpaired) electrons. The highest BCUT2D eigenvalue weighted by atomic mass is 16.5. The molecule has 150 valence electrons. The van der Waals surface area contributed by atoms with Crippen molar-refractivity contribution in [1.82, 2.24) is 0 Å². The van der Waals surface area contributed by atoms with E-state index in [9.17, 15) is 0 Å². The Hall–Kier alpha value is -3.05. The second kappa shape index (κ2) is 9.43. The lowest BCUT2D eigenvalue weighted by Crippen LogP contribution is -3.13. The topological polar surface area (TPSA) is 40.3 Å². The van der Waals surface area contributed by atoms with Gasteiger partial charge in [-0.1, -0.05) is 36.4 Å². The van der Waals surface area contributed by atoms with Crippen LogP contribution in [0.2, 0.25) is 0 Å². The maximum absolute atomic E-state index is 5.95. The number of anilines is 1. The molecule has 2 aromatic carbocycles. The minimum Gasteiger partial charge on any atom is -0.496 e. The number of pyridine rings is 1. The molecule has 0 atom stereocenters. The molecule has 5 nitrogen and oxygen atoms in total. The molecule has 2 heterocycles. The lowest BCUT2D eigenvalue weighted by molar-refractivity contribution is -0.914. The smallest absolute Gasteiger partial charge is 0.274 e. The van der Waals surface area contributed by atoms with E-state index >= 15 is 0 Å². The summed E-state index contributed by atoms with van der Waals surface area (Å²) in [6, 6.07) is 22.7. The van der Waals surface area contributed by atoms with Gasteiger partial charge < -0.3 is 14.4 Å². The first-order valence-corrected chi connectivity index (χ1v) is 10.2. The summed E-state index contributed by atoms with van der Waals surface area (Å²) in [6.07, 6.45) is 1.99. The molecule has 1 aromatic heterocycles. The van der Waals surface area contributed by atoms with Crippen molar-refractivity contribution in [3.05, 3.63) is 84.1 Å². The SMILES string of the molecule is COc1cc(OCc2ccccc2)ccc1C[NH+]1CCN(c2cccc[nH+]2)CC1. The Morgan fingerprint density at radius 3 is 2.48 bits per heavy atom. The van der Waals surface area contributed by atoms with Gasteiger partial charge in [0.1, 0.15) is 50.8 Å². The maximum atomic E-state index is 5.95. The van der Waals surface area contributed by atoms with Crippen molar-refractivity contribution in [1.29, 1.82) is 0 Å². The first-order chi connectivity index (χ1) is 14.3. The predicted octanol–water partition coefficient (Wildman–Crippen LogP) is 1.99. The Labute approximate surface area is 172 Å². The summed E-state index contributed by atoms with van der Waals surface area (Å²) in [5.41, 5.74) is 2.39. The van der Waals surface area contributed by atoms with Gasteiger partial charge in [-0.15, -0.1) is 0 Å². The quantitative estimate of drug-likeness (QED) is 0.670. The average molecular weight is 392 g/mol. The number of ether oxygens (including phenoxy) is 2. The number of quaternary nitrogens is 1. The van der Waals surface area contributed by atoms with Crippen LogP contribution in [-0.4, -0.2) is 33.3 Å². The van der Waals surface area contributed by atoms with E-state index in [0.29, 0.717) is 6.61 Å². The normalized spacial score (nSPS) is 14.6. The van der Waals surface area contributed by atoms with Gasteiger partial charge in [0.05, 0.1) is 13.3 Å². The van der Waals surface area contributed by atoms with E-state index in [2.05, 4.69) is 46.3 Å². The van der Waals surface area contributed by atoms with E-state index in [0.717, 1.165) is 49.8 Å². The fourth-order valence-electron chi connectivity index (χ4n) is 3.79. The van der Waals surface area contributed by atoms with Crippen molar-refractivity contribution in [2.75, 3.05) is 38.2 Å². The fraction of sp³-hybridized carbons (Fsp3) is 0.292. The minimum absolute atomic E-state index is 0.563. The molecule has 0 amide bonds. The van der Waals surface area contributed by atoms with E-state index in [1.807, 2.05) is 36.5 Å². The van der Waals surface area contributed by atoms with Crippen LogP contribution in [0, 0.1) is 0 Å². The first-order valence-electron chi connectivity index (χ1n) is 10.2. The number of nitrogens with one attached hydrogen (secondary N) is 2. The van der Waals surface area contributed by atoms with Gasteiger partial charge in [0.2, 0.25) is 0 Å². The summed E-state index contributed by atoms with van der Waals surface area (Å²) in [5, 5.41) is 0. The van der Waals surface area contributed by atoms with E-state index in [1.54, 1.807) is 12.0 Å². The summed E-state index contributed by atoms with van der Waals surface area (Å²) in [4.78, 5) is 7.33. The molecule has 0 bridgehead atoms. The van der Waals surface area contributed by atoms with Gasteiger partial charge in [0.15, 0.2) is 0 Å². The summed E-state index contributed by atoms with van der Waals surface area (Å²) < 4.78 is 11.6. The highest BCUT2D eigenvalue weighted by Gasteiger charge is 2.26. The number of piperazine rings is 1. The molecule has 1 saturated heterocycles. The molecule has 2 N–H and O–H groups in total. The third kappa shape index (κ3) is 5.06. The molecule has 4 rings (SSSR count). The van der Waals surface area contributed by atoms with Crippen LogP contribution >= 0.6 is 0 Å². The Balaban J connectivity index is 1.34. The summed E-state index contributed by atoms with van der Waals surface area (Å²) >= 11 is 0. The molecule has 0 unspecified atom stereocenters. The number of methoxy groups -OCH3 is 1. The highest BCUT2D eigenvalue weighted by molar-refractivity contribution is 5.40. The molecule has 3 aromatic rings.